The number of aromatic nitrogens is 1. The van der Waals surface area contributed by atoms with Gasteiger partial charge in [-0.2, -0.15) is 4.98 Å². The lowest BCUT2D eigenvalue weighted by atomic mass is 9.93. The van der Waals surface area contributed by atoms with E-state index < -0.39 is 0 Å². The molecule has 1 aromatic carbocycles. The maximum atomic E-state index is 12.4. The van der Waals surface area contributed by atoms with Gasteiger partial charge in [-0.05, 0) is 50.8 Å². The van der Waals surface area contributed by atoms with Gasteiger partial charge in [0.1, 0.15) is 5.52 Å². The second-order valence-electron chi connectivity index (χ2n) is 7.88. The summed E-state index contributed by atoms with van der Waals surface area (Å²) in [4.78, 5) is 21.7. The van der Waals surface area contributed by atoms with E-state index >= 15 is 0 Å². The Kier molecular flexibility index (Phi) is 6.12. The molecule has 0 spiro atoms. The maximum absolute atomic E-state index is 12.4. The fraction of sp³-hybridized carbons (Fsp3) is 0.619. The molecule has 1 atom stereocenters. The van der Waals surface area contributed by atoms with Gasteiger partial charge < -0.3 is 19.7 Å². The number of rotatable bonds is 6. The third kappa shape index (κ3) is 4.31. The second-order valence-corrected chi connectivity index (χ2v) is 7.88. The van der Waals surface area contributed by atoms with E-state index in [1.807, 2.05) is 24.3 Å². The van der Waals surface area contributed by atoms with Crippen molar-refractivity contribution >= 4 is 23.0 Å². The molecule has 2 aliphatic heterocycles. The normalized spacial score (nSPS) is 21.9. The van der Waals surface area contributed by atoms with E-state index in [1.54, 1.807) is 0 Å². The third-order valence-corrected chi connectivity index (χ3v) is 5.99. The van der Waals surface area contributed by atoms with Crippen molar-refractivity contribution in [3.8, 4) is 0 Å². The largest absolute Gasteiger partial charge is 0.423 e. The van der Waals surface area contributed by atoms with Crippen LogP contribution in [0.5, 0.6) is 0 Å². The van der Waals surface area contributed by atoms with Gasteiger partial charge in [0.15, 0.2) is 5.58 Å². The maximum Gasteiger partial charge on any atom is 0.298 e. The molecule has 7 heteroatoms. The number of nitrogens with zero attached hydrogens (tertiary/aromatic N) is 3. The first-order valence-corrected chi connectivity index (χ1v) is 10.5. The van der Waals surface area contributed by atoms with E-state index in [-0.39, 0.29) is 18.4 Å². The van der Waals surface area contributed by atoms with Crippen LogP contribution in [0, 0.1) is 5.92 Å². The number of likely N-dealkylation sites (tertiary alicyclic amines) is 1. The lowest BCUT2D eigenvalue weighted by Crippen LogP contribution is -2.51. The van der Waals surface area contributed by atoms with Crippen LogP contribution in [-0.2, 0) is 4.79 Å². The molecular formula is C21H30N4O3. The molecule has 0 bridgehead atoms. The van der Waals surface area contributed by atoms with Crippen LogP contribution in [0.15, 0.2) is 28.7 Å². The highest BCUT2D eigenvalue weighted by Crippen LogP contribution is 2.28. The Labute approximate surface area is 165 Å². The van der Waals surface area contributed by atoms with E-state index in [9.17, 15) is 4.79 Å². The van der Waals surface area contributed by atoms with E-state index in [2.05, 4.69) is 20.1 Å². The molecule has 3 heterocycles. The Bertz CT molecular complexity index is 752. The monoisotopic (exact) mass is 386 g/mol. The summed E-state index contributed by atoms with van der Waals surface area (Å²) < 4.78 is 5.91. The quantitative estimate of drug-likeness (QED) is 0.739. The van der Waals surface area contributed by atoms with Crippen molar-refractivity contribution in [2.75, 3.05) is 44.2 Å². The Morgan fingerprint density at radius 2 is 2.04 bits per heavy atom. The van der Waals surface area contributed by atoms with Gasteiger partial charge in [0, 0.05) is 38.8 Å². The van der Waals surface area contributed by atoms with Crippen molar-refractivity contribution in [2.45, 2.75) is 38.1 Å². The number of fused-ring (bicyclic) bond motifs is 1. The minimum Gasteiger partial charge on any atom is -0.423 e. The molecule has 0 aliphatic carbocycles. The number of nitrogens with one attached hydrogen (secondary N) is 1. The molecule has 2 aliphatic rings. The minimum absolute atomic E-state index is 0.0718. The zero-order valence-electron chi connectivity index (χ0n) is 16.3. The van der Waals surface area contributed by atoms with Crippen molar-refractivity contribution in [1.82, 2.24) is 15.2 Å². The molecule has 2 N–H and O–H groups in total. The summed E-state index contributed by atoms with van der Waals surface area (Å²) in [6.07, 6.45) is 4.79. The van der Waals surface area contributed by atoms with Crippen molar-refractivity contribution in [3.05, 3.63) is 24.3 Å². The van der Waals surface area contributed by atoms with Crippen LogP contribution >= 0.6 is 0 Å². The van der Waals surface area contributed by atoms with Crippen LogP contribution in [0.2, 0.25) is 0 Å². The number of anilines is 1. The van der Waals surface area contributed by atoms with E-state index in [1.165, 1.54) is 0 Å². The van der Waals surface area contributed by atoms with Crippen molar-refractivity contribution < 1.29 is 14.3 Å². The molecule has 4 rings (SSSR count). The molecular weight excluding hydrogens is 356 g/mol. The number of amides is 1. The van der Waals surface area contributed by atoms with Gasteiger partial charge in [0.25, 0.3) is 6.01 Å². The number of piperidine rings is 2. The highest BCUT2D eigenvalue weighted by molar-refractivity contribution is 5.79. The predicted molar refractivity (Wildman–Crippen MR) is 108 cm³/mol. The van der Waals surface area contributed by atoms with Gasteiger partial charge >= 0.3 is 0 Å². The van der Waals surface area contributed by atoms with Crippen LogP contribution < -0.4 is 10.2 Å². The Morgan fingerprint density at radius 1 is 1.21 bits per heavy atom. The van der Waals surface area contributed by atoms with Gasteiger partial charge in [-0.25, -0.2) is 0 Å². The number of para-hydroxylation sites is 2. The van der Waals surface area contributed by atoms with Crippen molar-refractivity contribution in [1.29, 1.82) is 0 Å². The summed E-state index contributed by atoms with van der Waals surface area (Å²) in [5, 5.41) is 11.8. The average Bonchev–Trinajstić information content (AvgIpc) is 3.18. The van der Waals surface area contributed by atoms with E-state index in [4.69, 9.17) is 9.52 Å². The SMILES string of the molecule is O=C(NCCCO)C1CCCN(C2CCN(c3nc4ccccc4o3)CC2)C1. The molecule has 2 aromatic rings. The number of hydrogen-bond acceptors (Lipinski definition) is 6. The van der Waals surface area contributed by atoms with Crippen LogP contribution in [-0.4, -0.2) is 66.3 Å². The number of aliphatic hydroxyl groups is 1. The van der Waals surface area contributed by atoms with Gasteiger partial charge in [-0.1, -0.05) is 12.1 Å². The van der Waals surface area contributed by atoms with Gasteiger partial charge in [0.2, 0.25) is 5.91 Å². The molecule has 2 fully saturated rings. The summed E-state index contributed by atoms with van der Waals surface area (Å²) in [7, 11) is 0. The van der Waals surface area contributed by atoms with Crippen LogP contribution in [0.4, 0.5) is 6.01 Å². The summed E-state index contributed by atoms with van der Waals surface area (Å²) >= 11 is 0. The highest BCUT2D eigenvalue weighted by atomic mass is 16.4. The van der Waals surface area contributed by atoms with E-state index in [0.717, 1.165) is 69.0 Å². The number of carbonyl (C=O) groups is 1. The molecule has 0 radical (unpaired) electrons. The first-order chi connectivity index (χ1) is 13.7. The Morgan fingerprint density at radius 3 is 2.82 bits per heavy atom. The minimum atomic E-state index is 0.0718. The summed E-state index contributed by atoms with van der Waals surface area (Å²) in [6.45, 7) is 4.47. The topological polar surface area (TPSA) is 81.8 Å². The summed E-state index contributed by atoms with van der Waals surface area (Å²) in [6, 6.07) is 9.13. The summed E-state index contributed by atoms with van der Waals surface area (Å²) in [5.74, 6) is 0.213. The van der Waals surface area contributed by atoms with Crippen LogP contribution in [0.1, 0.15) is 32.1 Å². The first-order valence-electron chi connectivity index (χ1n) is 10.5. The molecule has 152 valence electrons. The summed E-state index contributed by atoms with van der Waals surface area (Å²) in [5.41, 5.74) is 1.75. The van der Waals surface area contributed by atoms with Crippen molar-refractivity contribution in [3.63, 3.8) is 0 Å². The van der Waals surface area contributed by atoms with Crippen molar-refractivity contribution in [2.24, 2.45) is 5.92 Å². The molecule has 28 heavy (non-hydrogen) atoms. The fourth-order valence-electron chi connectivity index (χ4n) is 4.40. The number of aliphatic hydroxyl groups excluding tert-OH is 1. The standard InChI is InChI=1S/C21H30N4O3/c26-14-4-10-22-20(27)16-5-3-11-25(15-16)17-8-12-24(13-9-17)21-23-18-6-1-2-7-19(18)28-21/h1-2,6-7,16-17,26H,3-5,8-15H2,(H,22,27). The van der Waals surface area contributed by atoms with Crippen LogP contribution in [0.3, 0.4) is 0 Å². The molecule has 1 unspecified atom stereocenters. The number of benzene rings is 1. The lowest BCUT2D eigenvalue weighted by molar-refractivity contribution is -0.127. The zero-order chi connectivity index (χ0) is 19.3. The zero-order valence-corrected chi connectivity index (χ0v) is 16.3. The average molecular weight is 386 g/mol. The number of hydrogen-bond donors (Lipinski definition) is 2. The lowest BCUT2D eigenvalue weighted by Gasteiger charge is -2.41. The Balaban J connectivity index is 1.30. The molecule has 0 saturated carbocycles. The molecule has 2 saturated heterocycles. The van der Waals surface area contributed by atoms with Gasteiger partial charge in [-0.3, -0.25) is 9.69 Å². The van der Waals surface area contributed by atoms with Crippen LogP contribution in [0.25, 0.3) is 11.1 Å². The first kappa shape index (κ1) is 19.2. The predicted octanol–water partition coefficient (Wildman–Crippen LogP) is 2.01. The third-order valence-electron chi connectivity index (χ3n) is 5.99. The van der Waals surface area contributed by atoms with E-state index in [0.29, 0.717) is 19.0 Å². The molecule has 1 aromatic heterocycles. The smallest absolute Gasteiger partial charge is 0.298 e. The van der Waals surface area contributed by atoms with Gasteiger partial charge in [-0.15, -0.1) is 0 Å². The molecule has 7 nitrogen and oxygen atoms in total. The van der Waals surface area contributed by atoms with Gasteiger partial charge in [0.05, 0.1) is 5.92 Å². The number of oxazole rings is 1. The number of carbonyl (C=O) groups excluding carboxylic acids is 1. The highest BCUT2D eigenvalue weighted by Gasteiger charge is 2.32. The molecule has 1 amide bonds. The fourth-order valence-corrected chi connectivity index (χ4v) is 4.40. The Hall–Kier alpha value is -2.12. The second kappa shape index (κ2) is 8.92.